The molecule has 20 heteroatoms. The van der Waals surface area contributed by atoms with Crippen molar-refractivity contribution in [2.24, 2.45) is 23.7 Å². The number of nitrogens with zero attached hydrogens (tertiary/aromatic N) is 2. The number of halogens is 6. The summed E-state index contributed by atoms with van der Waals surface area (Å²) >= 11 is 35.2. The van der Waals surface area contributed by atoms with E-state index in [1.54, 1.807) is 0 Å². The van der Waals surface area contributed by atoms with Crippen molar-refractivity contribution in [2.45, 2.75) is 16.0 Å². The highest BCUT2D eigenvalue weighted by atomic mass is 35.5. The number of hydrogen-bond acceptors (Lipinski definition) is 10. The van der Waals surface area contributed by atoms with Gasteiger partial charge in [0.15, 0.2) is 12.3 Å². The Balaban J connectivity index is 1.41. The fourth-order valence-corrected chi connectivity index (χ4v) is 8.91. The van der Waals surface area contributed by atoms with Gasteiger partial charge in [0.25, 0.3) is 11.8 Å². The van der Waals surface area contributed by atoms with Gasteiger partial charge in [-0.15, -0.1) is 9.35 Å². The molecule has 2 aromatic rings. The van der Waals surface area contributed by atoms with Crippen molar-refractivity contribution in [2.75, 3.05) is 6.54 Å². The van der Waals surface area contributed by atoms with E-state index in [1.807, 2.05) is 0 Å². The Morgan fingerprint density at radius 3 is 1.73 bits per heavy atom. The average molecular weight is 728 g/mol. The van der Waals surface area contributed by atoms with Crippen molar-refractivity contribution in [3.05, 3.63) is 59.3 Å². The summed E-state index contributed by atoms with van der Waals surface area (Å²) < 4.78 is 61.6. The minimum Gasteiger partial charge on any atom is -0.298 e. The molecule has 1 saturated carbocycles. The van der Waals surface area contributed by atoms with Crippen LogP contribution in [-0.4, -0.2) is 57.0 Å². The summed E-state index contributed by atoms with van der Waals surface area (Å²) in [5.74, 6) is -9.69. The molecule has 2 saturated heterocycles. The van der Waals surface area contributed by atoms with Gasteiger partial charge in [0.05, 0.1) is 42.0 Å². The first-order valence-corrected chi connectivity index (χ1v) is 16.1. The normalized spacial score (nSPS) is 26.2. The fourth-order valence-electron chi connectivity index (χ4n) is 5.00. The number of rotatable bonds is 6. The third-order valence-electron chi connectivity index (χ3n) is 6.74. The number of Topliss-reactive ketones (excluding diaryl/α,β-unsaturated/α-hetero) is 1. The van der Waals surface area contributed by atoms with Gasteiger partial charge in [-0.1, -0.05) is 69.6 Å². The molecule has 0 aromatic heterocycles. The molecule has 5 atom stereocenters. The van der Waals surface area contributed by atoms with Crippen molar-refractivity contribution in [1.82, 2.24) is 5.06 Å². The van der Waals surface area contributed by atoms with E-state index in [0.29, 0.717) is 0 Å². The molecule has 218 valence electrons. The number of hydroxylamine groups is 2. The minimum atomic E-state index is -4.95. The zero-order valence-electron chi connectivity index (χ0n) is 19.5. The quantitative estimate of drug-likeness (QED) is 0.139. The van der Waals surface area contributed by atoms with Crippen LogP contribution in [0.4, 0.5) is 0 Å². The average Bonchev–Trinajstić information content (AvgIpc) is 3.42. The van der Waals surface area contributed by atoms with Crippen LogP contribution in [0.2, 0.25) is 30.1 Å². The molecule has 2 aromatic carbocycles. The second-order valence-electron chi connectivity index (χ2n) is 9.03. The Labute approximate surface area is 261 Å². The van der Waals surface area contributed by atoms with E-state index in [0.717, 1.165) is 24.3 Å². The second-order valence-corrected chi connectivity index (χ2v) is 14.5. The van der Waals surface area contributed by atoms with Gasteiger partial charge in [-0.3, -0.25) is 14.4 Å². The first-order valence-electron chi connectivity index (χ1n) is 11.0. The molecule has 0 radical (unpaired) electrons. The van der Waals surface area contributed by atoms with E-state index in [9.17, 15) is 36.1 Å². The number of hydrogen-bond donors (Lipinski definition) is 0. The van der Waals surface area contributed by atoms with Gasteiger partial charge >= 0.3 is 26.5 Å². The first-order chi connectivity index (χ1) is 19.0. The Morgan fingerprint density at radius 1 is 0.707 bits per heavy atom. The molecule has 1 aliphatic carbocycles. The smallest absolute Gasteiger partial charge is 0.298 e. The predicted octanol–water partition coefficient (Wildman–Crippen LogP) is 4.17. The molecule has 5 rings (SSSR count). The first kappa shape index (κ1) is 30.9. The third-order valence-corrected chi connectivity index (χ3v) is 11.6. The highest BCUT2D eigenvalue weighted by Gasteiger charge is 2.73. The van der Waals surface area contributed by atoms with Crippen LogP contribution in [0.1, 0.15) is 0 Å². The molecule has 2 aliphatic heterocycles. The molecule has 0 bridgehead atoms. The molecule has 41 heavy (non-hydrogen) atoms. The lowest BCUT2D eigenvalue weighted by atomic mass is 9.90. The molecular formula is C21H11Cl6N2O10S2+. The number of amides is 2. The highest BCUT2D eigenvalue weighted by Crippen LogP contribution is 2.51. The molecule has 3 fully saturated rings. The molecule has 0 N–H and O–H groups in total. The van der Waals surface area contributed by atoms with Gasteiger partial charge in [0.1, 0.15) is 21.6 Å². The maximum absolute atomic E-state index is 13.3. The van der Waals surface area contributed by atoms with Gasteiger partial charge in [-0.05, 0) is 24.3 Å². The standard InChI is InChI=1S/C21H11Cl6N2O10S2/c22-7-1-11(26)13(3-9(7)24)40(34,35)38-21-16-6(5-28(21)33)15-17(18(16)30)20(32)29(19(15)31)39-41(36,37)14-4-10(25)8(23)2-12(14)27/h1-4,6,15-17,21H,5H2/q+1. The van der Waals surface area contributed by atoms with Gasteiger partial charge in [0, 0.05) is 9.67 Å². The van der Waals surface area contributed by atoms with Crippen molar-refractivity contribution in [3.63, 3.8) is 0 Å². The fraction of sp³-hybridized carbons (Fsp3) is 0.286. The third kappa shape index (κ3) is 5.05. The van der Waals surface area contributed by atoms with Crippen LogP contribution in [0.15, 0.2) is 34.1 Å². The monoisotopic (exact) mass is 725 g/mol. The largest absolute Gasteiger partial charge is 0.329 e. The lowest BCUT2D eigenvalue weighted by molar-refractivity contribution is -0.603. The van der Waals surface area contributed by atoms with E-state index in [2.05, 4.69) is 0 Å². The van der Waals surface area contributed by atoms with Crippen molar-refractivity contribution in [1.29, 1.82) is 0 Å². The molecule has 3 aliphatic rings. The van der Waals surface area contributed by atoms with Gasteiger partial charge < -0.3 is 0 Å². The minimum absolute atomic E-state index is 0.0620. The van der Waals surface area contributed by atoms with Gasteiger partial charge in [0.2, 0.25) is 0 Å². The summed E-state index contributed by atoms with van der Waals surface area (Å²) in [6, 6.07) is 3.75. The number of fused-ring (bicyclic) bond motifs is 3. The van der Waals surface area contributed by atoms with Crippen molar-refractivity contribution in [3.8, 4) is 0 Å². The van der Waals surface area contributed by atoms with Crippen LogP contribution in [-0.2, 0) is 43.1 Å². The van der Waals surface area contributed by atoms with E-state index < -0.39 is 89.1 Å². The zero-order chi connectivity index (χ0) is 30.3. The summed E-state index contributed by atoms with van der Waals surface area (Å²) in [5, 5.41) is -1.49. The summed E-state index contributed by atoms with van der Waals surface area (Å²) in [4.78, 5) is 51.0. The Bertz CT molecular complexity index is 1800. The topological polar surface area (TPSA) is 161 Å². The molecule has 2 amide bonds. The summed E-state index contributed by atoms with van der Waals surface area (Å²) in [7, 11) is -9.77. The SMILES string of the molecule is O=C1C2C(=O)N(OS(=O)(=O)c3cc(Cl)c(Cl)cc3Cl)C(=O)C2C2C[N+](=O)C(OS(=O)(=O)c3cc(Cl)c(Cl)cc3Cl)C12. The summed E-state index contributed by atoms with van der Waals surface area (Å²) in [5.41, 5.74) is 0. The number of benzene rings is 2. The van der Waals surface area contributed by atoms with E-state index in [1.165, 1.54) is 0 Å². The number of nitroso groups, excluding NO2 is 1. The molecular weight excluding hydrogens is 717 g/mol. The van der Waals surface area contributed by atoms with Crippen molar-refractivity contribution >= 4 is 107 Å². The van der Waals surface area contributed by atoms with Crippen LogP contribution >= 0.6 is 69.6 Å². The molecule has 0 spiro atoms. The lowest BCUT2D eigenvalue weighted by Gasteiger charge is -2.17. The van der Waals surface area contributed by atoms with Crippen LogP contribution in [0.3, 0.4) is 0 Å². The van der Waals surface area contributed by atoms with Crippen molar-refractivity contribution < 1.29 is 44.4 Å². The van der Waals surface area contributed by atoms with E-state index >= 15 is 0 Å². The van der Waals surface area contributed by atoms with Crippen LogP contribution < -0.4 is 0 Å². The number of ketones is 1. The molecule has 5 unspecified atom stereocenters. The predicted molar refractivity (Wildman–Crippen MR) is 143 cm³/mol. The molecule has 12 nitrogen and oxygen atoms in total. The highest BCUT2D eigenvalue weighted by molar-refractivity contribution is 7.87. The van der Waals surface area contributed by atoms with Crippen LogP contribution in [0.25, 0.3) is 0 Å². The van der Waals surface area contributed by atoms with E-state index in [4.69, 9.17) is 78.1 Å². The van der Waals surface area contributed by atoms with E-state index in [-0.39, 0.29) is 34.9 Å². The van der Waals surface area contributed by atoms with Crippen LogP contribution in [0.5, 0.6) is 0 Å². The second kappa shape index (κ2) is 10.5. The number of carbonyl (C=O) groups is 3. The Kier molecular flexibility index (Phi) is 7.93. The summed E-state index contributed by atoms with van der Waals surface area (Å²) in [6.45, 7) is -0.606. The van der Waals surface area contributed by atoms with Crippen LogP contribution in [0, 0.1) is 28.6 Å². The maximum atomic E-state index is 13.3. The lowest BCUT2D eigenvalue weighted by Crippen LogP contribution is -2.39. The Morgan fingerprint density at radius 2 is 1.20 bits per heavy atom. The Hall–Kier alpha value is -1.59. The van der Waals surface area contributed by atoms with Gasteiger partial charge in [-0.25, -0.2) is 0 Å². The summed E-state index contributed by atoms with van der Waals surface area (Å²) in [6.07, 6.45) is -1.97. The maximum Gasteiger partial charge on any atom is 0.329 e. The molecule has 2 heterocycles. The zero-order valence-corrected chi connectivity index (χ0v) is 25.6. The number of carbonyl (C=O) groups excluding carboxylic acids is 3. The van der Waals surface area contributed by atoms with Gasteiger partial charge in [-0.2, -0.15) is 21.0 Å². The number of imide groups is 1.